The van der Waals surface area contributed by atoms with Gasteiger partial charge in [-0.3, -0.25) is 0 Å². The van der Waals surface area contributed by atoms with Crippen LogP contribution in [0.4, 0.5) is 0 Å². The van der Waals surface area contributed by atoms with E-state index in [9.17, 15) is 0 Å². The molecule has 0 N–H and O–H groups in total. The van der Waals surface area contributed by atoms with Gasteiger partial charge < -0.3 is 4.57 Å². The second-order valence-electron chi connectivity index (χ2n) is 2.49. The minimum absolute atomic E-state index is 0.0463. The summed E-state index contributed by atoms with van der Waals surface area (Å²) in [5.74, 6) is 0.891. The summed E-state index contributed by atoms with van der Waals surface area (Å²) in [6.45, 7) is 0.916. The van der Waals surface area contributed by atoms with E-state index in [1.807, 2.05) is 10.8 Å². The van der Waals surface area contributed by atoms with Gasteiger partial charge in [-0.2, -0.15) is 0 Å². The van der Waals surface area contributed by atoms with E-state index in [1.165, 1.54) is 0 Å². The van der Waals surface area contributed by atoms with Gasteiger partial charge in [0.1, 0.15) is 5.82 Å². The van der Waals surface area contributed by atoms with Crippen LogP contribution in [0.25, 0.3) is 10.4 Å². The van der Waals surface area contributed by atoms with Crippen molar-refractivity contribution in [3.8, 4) is 0 Å². The number of azide groups is 1. The van der Waals surface area contributed by atoms with Gasteiger partial charge in [-0.05, 0) is 12.0 Å². The van der Waals surface area contributed by atoms with E-state index in [-0.39, 0.29) is 6.04 Å². The van der Waals surface area contributed by atoms with E-state index in [4.69, 9.17) is 5.53 Å². The summed E-state index contributed by atoms with van der Waals surface area (Å²) >= 11 is 0. The number of hydrogen-bond donors (Lipinski definition) is 0. The molecule has 1 aromatic rings. The van der Waals surface area contributed by atoms with Gasteiger partial charge in [-0.1, -0.05) is 5.11 Å². The van der Waals surface area contributed by atoms with Gasteiger partial charge >= 0.3 is 0 Å². The highest BCUT2D eigenvalue weighted by atomic mass is 15.2. The van der Waals surface area contributed by atoms with E-state index >= 15 is 0 Å². The monoisotopic (exact) mass is 149 g/mol. The molecule has 0 aromatic carbocycles. The van der Waals surface area contributed by atoms with Crippen molar-refractivity contribution in [2.45, 2.75) is 19.0 Å². The number of rotatable bonds is 1. The van der Waals surface area contributed by atoms with Crippen molar-refractivity contribution < 1.29 is 0 Å². The first kappa shape index (κ1) is 6.24. The van der Waals surface area contributed by atoms with Crippen LogP contribution < -0.4 is 0 Å². The molecule has 0 amide bonds. The molecule has 1 aromatic heterocycles. The molecule has 2 rings (SSSR count). The Morgan fingerprint density at radius 1 is 1.82 bits per heavy atom. The van der Waals surface area contributed by atoms with Crippen LogP contribution in [0.1, 0.15) is 18.3 Å². The van der Waals surface area contributed by atoms with Gasteiger partial charge in [0.15, 0.2) is 0 Å². The van der Waals surface area contributed by atoms with Gasteiger partial charge in [-0.25, -0.2) is 4.98 Å². The largest absolute Gasteiger partial charge is 0.335 e. The maximum atomic E-state index is 8.21. The highest BCUT2D eigenvalue weighted by molar-refractivity contribution is 5.04. The summed E-state index contributed by atoms with van der Waals surface area (Å²) in [4.78, 5) is 6.86. The van der Waals surface area contributed by atoms with Crippen LogP contribution >= 0.6 is 0 Å². The zero-order chi connectivity index (χ0) is 7.68. The molecule has 0 spiro atoms. The smallest absolute Gasteiger partial charge is 0.117 e. The van der Waals surface area contributed by atoms with Gasteiger partial charge in [0.05, 0.1) is 6.04 Å². The van der Waals surface area contributed by atoms with Crippen LogP contribution in [0.5, 0.6) is 0 Å². The summed E-state index contributed by atoms with van der Waals surface area (Å²) in [5.41, 5.74) is 8.21. The first-order valence-corrected chi connectivity index (χ1v) is 3.47. The summed E-state index contributed by atoms with van der Waals surface area (Å²) in [5, 5.41) is 3.63. The molecular weight excluding hydrogens is 142 g/mol. The van der Waals surface area contributed by atoms with Gasteiger partial charge in [-0.15, -0.1) is 0 Å². The molecule has 1 aliphatic heterocycles. The highest BCUT2D eigenvalue weighted by Gasteiger charge is 2.21. The molecule has 1 aliphatic rings. The van der Waals surface area contributed by atoms with Gasteiger partial charge in [0.25, 0.3) is 0 Å². The number of aromatic nitrogens is 2. The molecular formula is C6H7N5. The summed E-state index contributed by atoms with van der Waals surface area (Å²) in [6, 6.07) is -0.0463. The van der Waals surface area contributed by atoms with Crippen LogP contribution in [0.2, 0.25) is 0 Å². The summed E-state index contributed by atoms with van der Waals surface area (Å²) < 4.78 is 2.01. The molecule has 0 saturated carbocycles. The first-order chi connectivity index (χ1) is 5.42. The molecule has 0 unspecified atom stereocenters. The van der Waals surface area contributed by atoms with Crippen LogP contribution in [0.3, 0.4) is 0 Å². The molecule has 0 saturated heterocycles. The van der Waals surface area contributed by atoms with Crippen LogP contribution in [0, 0.1) is 0 Å². The molecule has 0 fully saturated rings. The van der Waals surface area contributed by atoms with Crippen molar-refractivity contribution in [3.63, 3.8) is 0 Å². The zero-order valence-electron chi connectivity index (χ0n) is 5.88. The standard InChI is InChI=1S/C6H7N5/c7-10-9-5-1-3-11-4-2-8-6(5)11/h2,4-5H,1,3H2/t5-/m0/s1. The lowest BCUT2D eigenvalue weighted by molar-refractivity contribution is 0.674. The quantitative estimate of drug-likeness (QED) is 0.340. The summed E-state index contributed by atoms with van der Waals surface area (Å²) in [7, 11) is 0. The molecule has 56 valence electrons. The number of hydrogen-bond acceptors (Lipinski definition) is 2. The fourth-order valence-electron chi connectivity index (χ4n) is 1.37. The fraction of sp³-hybridized carbons (Fsp3) is 0.500. The molecule has 0 radical (unpaired) electrons. The van der Waals surface area contributed by atoms with E-state index in [2.05, 4.69) is 15.0 Å². The number of aryl methyl sites for hydroxylation is 1. The van der Waals surface area contributed by atoms with Crippen molar-refractivity contribution in [3.05, 3.63) is 28.7 Å². The average molecular weight is 149 g/mol. The Balaban J connectivity index is 2.38. The molecule has 5 heteroatoms. The van der Waals surface area contributed by atoms with Gasteiger partial charge in [0.2, 0.25) is 0 Å². The predicted octanol–water partition coefficient (Wildman–Crippen LogP) is 1.64. The second kappa shape index (κ2) is 2.29. The topological polar surface area (TPSA) is 66.6 Å². The first-order valence-electron chi connectivity index (χ1n) is 3.47. The second-order valence-corrected chi connectivity index (χ2v) is 2.49. The van der Waals surface area contributed by atoms with Crippen molar-refractivity contribution >= 4 is 0 Å². The van der Waals surface area contributed by atoms with E-state index in [0.717, 1.165) is 18.8 Å². The lowest BCUT2D eigenvalue weighted by atomic mass is 10.3. The molecule has 0 bridgehead atoms. The Kier molecular flexibility index (Phi) is 1.30. The number of imidazole rings is 1. The lowest BCUT2D eigenvalue weighted by Gasteiger charge is -1.95. The average Bonchev–Trinajstić information content (AvgIpc) is 2.53. The van der Waals surface area contributed by atoms with Gasteiger partial charge in [0, 0.05) is 23.9 Å². The third kappa shape index (κ3) is 0.860. The Hall–Kier alpha value is -1.48. The van der Waals surface area contributed by atoms with Crippen molar-refractivity contribution in [2.24, 2.45) is 5.11 Å². The minimum Gasteiger partial charge on any atom is -0.335 e. The number of nitrogens with zero attached hydrogens (tertiary/aromatic N) is 5. The van der Waals surface area contributed by atoms with Crippen LogP contribution in [-0.2, 0) is 6.54 Å². The Labute approximate surface area is 63.3 Å². The Bertz CT molecular complexity index is 309. The highest BCUT2D eigenvalue weighted by Crippen LogP contribution is 2.26. The van der Waals surface area contributed by atoms with Crippen LogP contribution in [-0.4, -0.2) is 9.55 Å². The predicted molar refractivity (Wildman–Crippen MR) is 38.7 cm³/mol. The molecule has 2 heterocycles. The van der Waals surface area contributed by atoms with E-state index in [1.54, 1.807) is 6.20 Å². The Morgan fingerprint density at radius 2 is 2.73 bits per heavy atom. The van der Waals surface area contributed by atoms with Crippen molar-refractivity contribution in [1.29, 1.82) is 0 Å². The third-order valence-corrected chi connectivity index (χ3v) is 1.88. The van der Waals surface area contributed by atoms with Crippen LogP contribution in [0.15, 0.2) is 17.5 Å². The third-order valence-electron chi connectivity index (χ3n) is 1.88. The Morgan fingerprint density at radius 3 is 3.55 bits per heavy atom. The SMILES string of the molecule is [N-]=[N+]=N[C@H]1CCn2ccnc21. The molecule has 5 nitrogen and oxygen atoms in total. The normalized spacial score (nSPS) is 20.9. The molecule has 1 atom stereocenters. The van der Waals surface area contributed by atoms with Crippen molar-refractivity contribution in [1.82, 2.24) is 9.55 Å². The van der Waals surface area contributed by atoms with E-state index < -0.39 is 0 Å². The zero-order valence-corrected chi connectivity index (χ0v) is 5.88. The lowest BCUT2D eigenvalue weighted by Crippen LogP contribution is -1.90. The van der Waals surface area contributed by atoms with Crippen molar-refractivity contribution in [2.75, 3.05) is 0 Å². The maximum absolute atomic E-state index is 8.21. The molecule has 0 aliphatic carbocycles. The fourth-order valence-corrected chi connectivity index (χ4v) is 1.37. The number of fused-ring (bicyclic) bond motifs is 1. The minimum atomic E-state index is -0.0463. The summed E-state index contributed by atoms with van der Waals surface area (Å²) in [6.07, 6.45) is 4.52. The van der Waals surface area contributed by atoms with E-state index in [0.29, 0.717) is 0 Å². The maximum Gasteiger partial charge on any atom is 0.117 e. The molecule has 11 heavy (non-hydrogen) atoms.